The molecule has 0 spiro atoms. The maximum absolute atomic E-state index is 12.2. The zero-order valence-corrected chi connectivity index (χ0v) is 9.84. The van der Waals surface area contributed by atoms with Crippen LogP contribution < -0.4 is 0 Å². The van der Waals surface area contributed by atoms with E-state index in [9.17, 15) is 4.79 Å². The van der Waals surface area contributed by atoms with Gasteiger partial charge in [0.1, 0.15) is 0 Å². The van der Waals surface area contributed by atoms with Crippen LogP contribution in [0.2, 0.25) is 0 Å². The van der Waals surface area contributed by atoms with Gasteiger partial charge < -0.3 is 9.64 Å². The van der Waals surface area contributed by atoms with E-state index < -0.39 is 0 Å². The highest BCUT2D eigenvalue weighted by Gasteiger charge is 2.37. The SMILES string of the molecule is O=C(C1CC1)N1CCOCC1c1ccccc1. The summed E-state index contributed by atoms with van der Waals surface area (Å²) in [6.45, 7) is 2.03. The Hall–Kier alpha value is -1.35. The third-order valence-electron chi connectivity index (χ3n) is 3.52. The summed E-state index contributed by atoms with van der Waals surface area (Å²) in [6.07, 6.45) is 2.13. The van der Waals surface area contributed by atoms with Crippen molar-refractivity contribution in [3.8, 4) is 0 Å². The first-order valence-electron chi connectivity index (χ1n) is 6.29. The molecule has 0 radical (unpaired) electrons. The van der Waals surface area contributed by atoms with Crippen LogP contribution in [-0.4, -0.2) is 30.6 Å². The van der Waals surface area contributed by atoms with E-state index in [0.717, 1.165) is 19.4 Å². The fraction of sp³-hybridized carbons (Fsp3) is 0.500. The van der Waals surface area contributed by atoms with Crippen molar-refractivity contribution < 1.29 is 9.53 Å². The number of benzene rings is 1. The highest BCUT2D eigenvalue weighted by Crippen LogP contribution is 2.35. The van der Waals surface area contributed by atoms with E-state index in [4.69, 9.17) is 4.74 Å². The van der Waals surface area contributed by atoms with Crippen molar-refractivity contribution in [1.29, 1.82) is 0 Å². The van der Waals surface area contributed by atoms with Crippen LogP contribution in [0.15, 0.2) is 30.3 Å². The summed E-state index contributed by atoms with van der Waals surface area (Å²) in [5, 5.41) is 0. The standard InChI is InChI=1S/C14H17NO2/c16-14(12-6-7-12)15-8-9-17-10-13(15)11-4-2-1-3-5-11/h1-5,12-13H,6-10H2. The predicted molar refractivity (Wildman–Crippen MR) is 64.4 cm³/mol. The van der Waals surface area contributed by atoms with Crippen LogP contribution in [-0.2, 0) is 9.53 Å². The predicted octanol–water partition coefficient (Wildman–Crippen LogP) is 2.00. The molecule has 3 nitrogen and oxygen atoms in total. The summed E-state index contributed by atoms with van der Waals surface area (Å²) >= 11 is 0. The molecule has 1 atom stereocenters. The van der Waals surface area contributed by atoms with Crippen molar-refractivity contribution in [2.45, 2.75) is 18.9 Å². The summed E-state index contributed by atoms with van der Waals surface area (Å²) in [5.74, 6) is 0.612. The number of morpholine rings is 1. The molecule has 2 fully saturated rings. The van der Waals surface area contributed by atoms with Gasteiger partial charge in [-0.15, -0.1) is 0 Å². The summed E-state index contributed by atoms with van der Waals surface area (Å²) < 4.78 is 5.52. The third-order valence-corrected chi connectivity index (χ3v) is 3.52. The lowest BCUT2D eigenvalue weighted by Gasteiger charge is -2.36. The molecule has 1 aromatic rings. The van der Waals surface area contributed by atoms with Crippen molar-refractivity contribution in [3.05, 3.63) is 35.9 Å². The van der Waals surface area contributed by atoms with Gasteiger partial charge in [0.25, 0.3) is 0 Å². The van der Waals surface area contributed by atoms with Gasteiger partial charge in [0, 0.05) is 12.5 Å². The van der Waals surface area contributed by atoms with E-state index in [-0.39, 0.29) is 6.04 Å². The van der Waals surface area contributed by atoms with Crippen molar-refractivity contribution >= 4 is 5.91 Å². The normalized spacial score (nSPS) is 24.7. The minimum absolute atomic E-state index is 0.109. The average Bonchev–Trinajstić information content (AvgIpc) is 3.23. The second-order valence-corrected chi connectivity index (χ2v) is 4.81. The Labute approximate surface area is 101 Å². The molecule has 1 saturated heterocycles. The molecule has 3 heteroatoms. The van der Waals surface area contributed by atoms with Crippen LogP contribution in [0, 0.1) is 5.92 Å². The Morgan fingerprint density at radius 2 is 2.00 bits per heavy atom. The molecule has 1 saturated carbocycles. The summed E-state index contributed by atoms with van der Waals surface area (Å²) in [4.78, 5) is 14.2. The molecule has 1 aliphatic carbocycles. The zero-order chi connectivity index (χ0) is 11.7. The van der Waals surface area contributed by atoms with Gasteiger partial charge in [-0.3, -0.25) is 4.79 Å². The number of amides is 1. The average molecular weight is 231 g/mol. The molecule has 0 N–H and O–H groups in total. The number of ether oxygens (including phenoxy) is 1. The van der Waals surface area contributed by atoms with Crippen molar-refractivity contribution in [2.24, 2.45) is 5.92 Å². The first-order valence-corrected chi connectivity index (χ1v) is 6.29. The minimum atomic E-state index is 0.109. The van der Waals surface area contributed by atoms with Crippen molar-refractivity contribution in [3.63, 3.8) is 0 Å². The lowest BCUT2D eigenvalue weighted by Crippen LogP contribution is -2.44. The molecule has 1 heterocycles. The number of carbonyl (C=O) groups excluding carboxylic acids is 1. The Morgan fingerprint density at radius 3 is 2.71 bits per heavy atom. The Bertz CT molecular complexity index is 400. The van der Waals surface area contributed by atoms with Crippen LogP contribution in [0.1, 0.15) is 24.4 Å². The van der Waals surface area contributed by atoms with Gasteiger partial charge in [0.15, 0.2) is 0 Å². The zero-order valence-electron chi connectivity index (χ0n) is 9.84. The number of nitrogens with zero attached hydrogens (tertiary/aromatic N) is 1. The Kier molecular flexibility index (Phi) is 2.85. The summed E-state index contributed by atoms with van der Waals surface area (Å²) in [6, 6.07) is 10.3. The molecule has 1 aromatic carbocycles. The second kappa shape index (κ2) is 4.49. The Balaban J connectivity index is 1.82. The number of rotatable bonds is 2. The third kappa shape index (κ3) is 2.20. The topological polar surface area (TPSA) is 29.5 Å². The van der Waals surface area contributed by atoms with E-state index in [1.54, 1.807) is 0 Å². The molecule has 0 aromatic heterocycles. The van der Waals surface area contributed by atoms with Gasteiger partial charge in [0.2, 0.25) is 5.91 Å². The molecule has 1 unspecified atom stereocenters. The summed E-state index contributed by atoms with van der Waals surface area (Å²) in [5.41, 5.74) is 1.18. The molecular weight excluding hydrogens is 214 g/mol. The second-order valence-electron chi connectivity index (χ2n) is 4.81. The van der Waals surface area contributed by atoms with Gasteiger partial charge in [-0.05, 0) is 18.4 Å². The molecule has 1 aliphatic heterocycles. The van der Waals surface area contributed by atoms with E-state index in [2.05, 4.69) is 12.1 Å². The highest BCUT2D eigenvalue weighted by molar-refractivity contribution is 5.81. The first kappa shape index (κ1) is 10.8. The van der Waals surface area contributed by atoms with Crippen LogP contribution in [0.5, 0.6) is 0 Å². The lowest BCUT2D eigenvalue weighted by molar-refractivity contribution is -0.141. The van der Waals surface area contributed by atoms with Gasteiger partial charge in [-0.2, -0.15) is 0 Å². The van der Waals surface area contributed by atoms with Crippen LogP contribution in [0.25, 0.3) is 0 Å². The van der Waals surface area contributed by atoms with Crippen molar-refractivity contribution in [1.82, 2.24) is 4.90 Å². The van der Waals surface area contributed by atoms with Gasteiger partial charge in [0.05, 0.1) is 19.3 Å². The van der Waals surface area contributed by atoms with Crippen LogP contribution in [0.4, 0.5) is 0 Å². The van der Waals surface area contributed by atoms with E-state index in [1.165, 1.54) is 5.56 Å². The maximum atomic E-state index is 12.2. The Morgan fingerprint density at radius 1 is 1.24 bits per heavy atom. The molecular formula is C14H17NO2. The number of hydrogen-bond donors (Lipinski definition) is 0. The molecule has 17 heavy (non-hydrogen) atoms. The van der Waals surface area contributed by atoms with E-state index in [0.29, 0.717) is 25.0 Å². The smallest absolute Gasteiger partial charge is 0.226 e. The molecule has 3 rings (SSSR count). The van der Waals surface area contributed by atoms with Crippen molar-refractivity contribution in [2.75, 3.05) is 19.8 Å². The van der Waals surface area contributed by atoms with Gasteiger partial charge >= 0.3 is 0 Å². The monoisotopic (exact) mass is 231 g/mol. The first-order chi connectivity index (χ1) is 8.36. The maximum Gasteiger partial charge on any atom is 0.226 e. The molecule has 1 amide bonds. The number of carbonyl (C=O) groups is 1. The van der Waals surface area contributed by atoms with E-state index in [1.807, 2.05) is 23.1 Å². The number of hydrogen-bond acceptors (Lipinski definition) is 2. The summed E-state index contributed by atoms with van der Waals surface area (Å²) in [7, 11) is 0. The molecule has 90 valence electrons. The minimum Gasteiger partial charge on any atom is -0.377 e. The fourth-order valence-electron chi connectivity index (χ4n) is 2.38. The quantitative estimate of drug-likeness (QED) is 0.779. The molecule has 0 bridgehead atoms. The largest absolute Gasteiger partial charge is 0.377 e. The molecule has 2 aliphatic rings. The van der Waals surface area contributed by atoms with Crippen LogP contribution >= 0.6 is 0 Å². The lowest BCUT2D eigenvalue weighted by atomic mass is 10.0. The van der Waals surface area contributed by atoms with Gasteiger partial charge in [-0.25, -0.2) is 0 Å². The van der Waals surface area contributed by atoms with Gasteiger partial charge in [-0.1, -0.05) is 30.3 Å². The fourth-order valence-corrected chi connectivity index (χ4v) is 2.38. The van der Waals surface area contributed by atoms with Crippen LogP contribution in [0.3, 0.4) is 0 Å². The highest BCUT2D eigenvalue weighted by atomic mass is 16.5. The van der Waals surface area contributed by atoms with E-state index >= 15 is 0 Å².